The van der Waals surface area contributed by atoms with Crippen molar-refractivity contribution in [2.75, 3.05) is 24.7 Å². The van der Waals surface area contributed by atoms with E-state index in [2.05, 4.69) is 22.0 Å². The second-order valence-corrected chi connectivity index (χ2v) is 11.6. The monoisotopic (exact) mass is 544 g/mol. The van der Waals surface area contributed by atoms with Gasteiger partial charge in [-0.15, -0.1) is 0 Å². The first-order chi connectivity index (χ1) is 18.7. The summed E-state index contributed by atoms with van der Waals surface area (Å²) in [7, 11) is -3.85. The third-order valence-corrected chi connectivity index (χ3v) is 8.72. The van der Waals surface area contributed by atoms with Gasteiger partial charge in [-0.3, -0.25) is 0 Å². The van der Waals surface area contributed by atoms with Crippen LogP contribution in [0.5, 0.6) is 0 Å². The van der Waals surface area contributed by atoms with E-state index in [9.17, 15) is 8.42 Å². The number of anilines is 1. The summed E-state index contributed by atoms with van der Waals surface area (Å²) in [4.78, 5) is 16.7. The maximum absolute atomic E-state index is 13.5. The van der Waals surface area contributed by atoms with E-state index >= 15 is 0 Å². The maximum atomic E-state index is 13.5. The number of nitrogens with zero attached hydrogens (tertiary/aromatic N) is 6. The van der Waals surface area contributed by atoms with Gasteiger partial charge in [-0.25, -0.2) is 27.3 Å². The lowest BCUT2D eigenvalue weighted by molar-refractivity contribution is 0.0985. The molecule has 0 radical (unpaired) electrons. The van der Waals surface area contributed by atoms with E-state index in [4.69, 9.17) is 19.2 Å². The molecule has 5 heterocycles. The Morgan fingerprint density at radius 2 is 1.82 bits per heavy atom. The molecule has 0 bridgehead atoms. The Labute approximate surface area is 226 Å². The Morgan fingerprint density at radius 3 is 2.54 bits per heavy atom. The van der Waals surface area contributed by atoms with Crippen LogP contribution >= 0.6 is 0 Å². The normalized spacial score (nSPS) is 16.2. The minimum atomic E-state index is -3.85. The summed E-state index contributed by atoms with van der Waals surface area (Å²) in [6.45, 7) is 9.63. The molecular weight excluding hydrogens is 516 g/mol. The van der Waals surface area contributed by atoms with Gasteiger partial charge in [-0.1, -0.05) is 22.9 Å². The smallest absolute Gasteiger partial charge is 0.269 e. The molecule has 0 amide bonds. The van der Waals surface area contributed by atoms with Crippen LogP contribution in [0.3, 0.4) is 0 Å². The van der Waals surface area contributed by atoms with Gasteiger partial charge < -0.3 is 14.2 Å². The van der Waals surface area contributed by atoms with Crippen molar-refractivity contribution >= 4 is 26.9 Å². The second kappa shape index (κ2) is 9.58. The predicted octanol–water partition coefficient (Wildman–Crippen LogP) is 4.54. The molecule has 1 saturated heterocycles. The molecule has 1 aliphatic heterocycles. The zero-order chi connectivity index (χ0) is 27.3. The molecule has 0 aliphatic carbocycles. The molecule has 0 spiro atoms. The fourth-order valence-corrected chi connectivity index (χ4v) is 6.28. The van der Waals surface area contributed by atoms with Crippen LogP contribution in [-0.2, 0) is 14.8 Å². The number of hydrogen-bond acceptors (Lipinski definition) is 9. The van der Waals surface area contributed by atoms with Gasteiger partial charge in [0.15, 0.2) is 11.5 Å². The van der Waals surface area contributed by atoms with Crippen LogP contribution in [0.25, 0.3) is 33.7 Å². The Hall–Kier alpha value is -4.09. The van der Waals surface area contributed by atoms with Gasteiger partial charge in [0.25, 0.3) is 10.0 Å². The van der Waals surface area contributed by atoms with Crippen LogP contribution in [0.2, 0.25) is 0 Å². The lowest BCUT2D eigenvalue weighted by Crippen LogP contribution is -2.44. The molecule has 1 aliphatic rings. The van der Waals surface area contributed by atoms with Crippen molar-refractivity contribution in [1.82, 2.24) is 24.1 Å². The molecule has 39 heavy (non-hydrogen) atoms. The third kappa shape index (κ3) is 4.37. The van der Waals surface area contributed by atoms with Crippen LogP contribution in [0.15, 0.2) is 64.3 Å². The van der Waals surface area contributed by atoms with Crippen molar-refractivity contribution in [2.45, 2.75) is 38.6 Å². The number of ether oxygens (including phenoxy) is 1. The van der Waals surface area contributed by atoms with E-state index in [1.807, 2.05) is 32.9 Å². The highest BCUT2D eigenvalue weighted by atomic mass is 32.2. The Balaban J connectivity index is 1.53. The standard InChI is InChI=1S/C28H28N6O4S/c1-17-5-7-21(8-6-17)39(35,36)34-12-10-23-22(9-11-29-28(23)34)27-30-24(26-19(3)32-38-20(26)4)15-25(31-27)33-13-14-37-16-18(33)2/h5-12,15,18H,13-14,16H2,1-4H3/t18-/m1/s1. The molecule has 1 atom stereocenters. The Kier molecular flexibility index (Phi) is 6.19. The predicted molar refractivity (Wildman–Crippen MR) is 147 cm³/mol. The first-order valence-corrected chi connectivity index (χ1v) is 14.1. The molecule has 11 heteroatoms. The number of hydrogen-bond donors (Lipinski definition) is 0. The first kappa shape index (κ1) is 25.2. The van der Waals surface area contributed by atoms with Crippen LogP contribution in [0.1, 0.15) is 23.9 Å². The van der Waals surface area contributed by atoms with Crippen LogP contribution in [-0.4, -0.2) is 58.3 Å². The maximum Gasteiger partial charge on any atom is 0.269 e. The van der Waals surface area contributed by atoms with Crippen molar-refractivity contribution in [1.29, 1.82) is 0 Å². The fourth-order valence-electron chi connectivity index (χ4n) is 4.97. The highest BCUT2D eigenvalue weighted by molar-refractivity contribution is 7.90. The number of benzene rings is 1. The van der Waals surface area contributed by atoms with Crippen molar-refractivity contribution in [2.24, 2.45) is 0 Å². The summed E-state index contributed by atoms with van der Waals surface area (Å²) >= 11 is 0. The molecule has 5 aromatic rings. The van der Waals surface area contributed by atoms with Gasteiger partial charge in [0.2, 0.25) is 0 Å². The molecule has 0 saturated carbocycles. The highest BCUT2D eigenvalue weighted by Crippen LogP contribution is 2.34. The van der Waals surface area contributed by atoms with Gasteiger partial charge >= 0.3 is 0 Å². The second-order valence-electron chi connectivity index (χ2n) is 9.78. The molecule has 6 rings (SSSR count). The van der Waals surface area contributed by atoms with Gasteiger partial charge in [-0.05, 0) is 52.0 Å². The molecule has 1 fully saturated rings. The van der Waals surface area contributed by atoms with E-state index in [0.717, 1.165) is 22.6 Å². The summed E-state index contributed by atoms with van der Waals surface area (Å²) in [6.07, 6.45) is 3.11. The van der Waals surface area contributed by atoms with Crippen molar-refractivity contribution in [3.05, 3.63) is 71.9 Å². The van der Waals surface area contributed by atoms with Crippen LogP contribution in [0, 0.1) is 20.8 Å². The number of aromatic nitrogens is 5. The van der Waals surface area contributed by atoms with E-state index in [1.54, 1.807) is 36.5 Å². The van der Waals surface area contributed by atoms with E-state index in [0.29, 0.717) is 53.6 Å². The number of fused-ring (bicyclic) bond motifs is 1. The largest absolute Gasteiger partial charge is 0.377 e. The van der Waals surface area contributed by atoms with Crippen LogP contribution in [0.4, 0.5) is 5.82 Å². The molecule has 200 valence electrons. The number of rotatable bonds is 5. The van der Waals surface area contributed by atoms with E-state index in [1.165, 1.54) is 10.2 Å². The van der Waals surface area contributed by atoms with E-state index < -0.39 is 10.0 Å². The summed E-state index contributed by atoms with van der Waals surface area (Å²) in [5.41, 5.74) is 4.18. The minimum Gasteiger partial charge on any atom is -0.377 e. The average Bonchev–Trinajstić information content (AvgIpc) is 3.52. The third-order valence-electron chi connectivity index (χ3n) is 7.04. The number of aryl methyl sites for hydroxylation is 3. The summed E-state index contributed by atoms with van der Waals surface area (Å²) < 4.78 is 39.3. The number of pyridine rings is 1. The lowest BCUT2D eigenvalue weighted by Gasteiger charge is -2.34. The SMILES string of the molecule is Cc1ccc(S(=O)(=O)n2ccc3c(-c4nc(-c5c(C)noc5C)cc(N5CCOC[C@H]5C)n4)ccnc32)cc1. The Morgan fingerprint density at radius 1 is 1.03 bits per heavy atom. The first-order valence-electron chi connectivity index (χ1n) is 12.7. The molecule has 0 N–H and O–H groups in total. The molecular formula is C28H28N6O4S. The zero-order valence-corrected chi connectivity index (χ0v) is 22.9. The van der Waals surface area contributed by atoms with Gasteiger partial charge in [0.1, 0.15) is 11.6 Å². The van der Waals surface area contributed by atoms with Crippen molar-refractivity contribution in [3.8, 4) is 22.6 Å². The fraction of sp³-hybridized carbons (Fsp3) is 0.286. The summed E-state index contributed by atoms with van der Waals surface area (Å²) in [5, 5.41) is 4.75. The van der Waals surface area contributed by atoms with Gasteiger partial charge in [0, 0.05) is 36.0 Å². The zero-order valence-electron chi connectivity index (χ0n) is 22.1. The quantitative estimate of drug-likeness (QED) is 0.314. The van der Waals surface area contributed by atoms with Gasteiger partial charge in [-0.2, -0.15) is 0 Å². The molecule has 0 unspecified atom stereocenters. The average molecular weight is 545 g/mol. The minimum absolute atomic E-state index is 0.122. The molecule has 10 nitrogen and oxygen atoms in total. The topological polar surface area (TPSA) is 116 Å². The van der Waals surface area contributed by atoms with Crippen molar-refractivity contribution < 1.29 is 17.7 Å². The van der Waals surface area contributed by atoms with Gasteiger partial charge in [0.05, 0.1) is 41.1 Å². The number of morpholine rings is 1. The van der Waals surface area contributed by atoms with E-state index in [-0.39, 0.29) is 10.9 Å². The van der Waals surface area contributed by atoms with Crippen molar-refractivity contribution in [3.63, 3.8) is 0 Å². The summed E-state index contributed by atoms with van der Waals surface area (Å²) in [6, 6.07) is 12.4. The lowest BCUT2D eigenvalue weighted by atomic mass is 10.1. The molecule has 4 aromatic heterocycles. The van der Waals surface area contributed by atoms with Crippen LogP contribution < -0.4 is 4.90 Å². The highest BCUT2D eigenvalue weighted by Gasteiger charge is 2.26. The molecule has 1 aromatic carbocycles. The summed E-state index contributed by atoms with van der Waals surface area (Å²) in [5.74, 6) is 1.87. The Bertz CT molecular complexity index is 1770.